The second-order valence-corrected chi connectivity index (χ2v) is 4.44. The number of hydrogen-bond donors (Lipinski definition) is 1. The molecule has 0 saturated carbocycles. The highest BCUT2D eigenvalue weighted by Gasteiger charge is 2.05. The van der Waals surface area contributed by atoms with Gasteiger partial charge in [-0.25, -0.2) is 0 Å². The van der Waals surface area contributed by atoms with Crippen molar-refractivity contribution in [3.8, 4) is 5.69 Å². The predicted molar refractivity (Wildman–Crippen MR) is 65.7 cm³/mol. The van der Waals surface area contributed by atoms with Gasteiger partial charge in [0.1, 0.15) is 0 Å². The minimum absolute atomic E-state index is 0.608. The second-order valence-electron chi connectivity index (χ2n) is 3.21. The van der Waals surface area contributed by atoms with Crippen molar-refractivity contribution < 1.29 is 0 Å². The Morgan fingerprint density at radius 3 is 2.67 bits per heavy atom. The molecule has 0 spiro atoms. The summed E-state index contributed by atoms with van der Waals surface area (Å²) in [6, 6.07) is 5.28. The van der Waals surface area contributed by atoms with Crippen molar-refractivity contribution in [2.75, 3.05) is 0 Å². The smallest absolute Gasteiger partial charge is 0.182 e. The average Bonchev–Trinajstić information content (AvgIpc) is 2.50. The number of aromatic nitrogens is 2. The van der Waals surface area contributed by atoms with Crippen LogP contribution >= 0.6 is 35.4 Å². The Kier molecular flexibility index (Phi) is 2.87. The number of imidazole rings is 1. The van der Waals surface area contributed by atoms with Gasteiger partial charge >= 0.3 is 0 Å². The number of rotatable bonds is 1. The highest BCUT2D eigenvalue weighted by atomic mass is 35.5. The van der Waals surface area contributed by atoms with E-state index in [0.717, 1.165) is 11.4 Å². The molecule has 0 aliphatic heterocycles. The molecule has 0 aliphatic rings. The summed E-state index contributed by atoms with van der Waals surface area (Å²) >= 11 is 17.1. The lowest BCUT2D eigenvalue weighted by Crippen LogP contribution is -1.93. The van der Waals surface area contributed by atoms with Gasteiger partial charge in [0.15, 0.2) is 4.77 Å². The van der Waals surface area contributed by atoms with E-state index in [0.29, 0.717) is 14.8 Å². The highest BCUT2D eigenvalue weighted by molar-refractivity contribution is 7.71. The number of benzene rings is 1. The molecule has 0 atom stereocenters. The molecule has 0 aliphatic carbocycles. The van der Waals surface area contributed by atoms with E-state index in [1.54, 1.807) is 22.8 Å². The van der Waals surface area contributed by atoms with Crippen LogP contribution in [0.15, 0.2) is 24.4 Å². The van der Waals surface area contributed by atoms with Gasteiger partial charge < -0.3 is 4.98 Å². The first kappa shape index (κ1) is 10.7. The van der Waals surface area contributed by atoms with Crippen LogP contribution in [0.3, 0.4) is 0 Å². The summed E-state index contributed by atoms with van der Waals surface area (Å²) in [6.07, 6.45) is 1.89. The molecule has 0 saturated heterocycles. The first-order chi connectivity index (χ1) is 7.08. The van der Waals surface area contributed by atoms with Crippen LogP contribution < -0.4 is 0 Å². The fourth-order valence-electron chi connectivity index (χ4n) is 1.36. The number of hydrogen-bond acceptors (Lipinski definition) is 1. The Morgan fingerprint density at radius 1 is 1.33 bits per heavy atom. The van der Waals surface area contributed by atoms with Gasteiger partial charge in [-0.05, 0) is 37.3 Å². The summed E-state index contributed by atoms with van der Waals surface area (Å²) in [4.78, 5) is 3.03. The van der Waals surface area contributed by atoms with Gasteiger partial charge in [0.2, 0.25) is 0 Å². The maximum Gasteiger partial charge on any atom is 0.182 e. The third-order valence-electron chi connectivity index (χ3n) is 2.01. The lowest BCUT2D eigenvalue weighted by Gasteiger charge is -2.05. The molecule has 2 aromatic rings. The fourth-order valence-corrected chi connectivity index (χ4v) is 2.05. The minimum Gasteiger partial charge on any atom is -0.335 e. The van der Waals surface area contributed by atoms with E-state index in [-0.39, 0.29) is 0 Å². The Morgan fingerprint density at radius 2 is 2.07 bits per heavy atom. The third kappa shape index (κ3) is 2.09. The molecule has 0 radical (unpaired) electrons. The average molecular weight is 259 g/mol. The first-order valence-corrected chi connectivity index (χ1v) is 5.48. The first-order valence-electron chi connectivity index (χ1n) is 4.31. The summed E-state index contributed by atoms with van der Waals surface area (Å²) in [5.41, 5.74) is 1.77. The van der Waals surface area contributed by atoms with Crippen LogP contribution in [0, 0.1) is 11.7 Å². The van der Waals surface area contributed by atoms with Crippen molar-refractivity contribution in [1.82, 2.24) is 9.55 Å². The summed E-state index contributed by atoms with van der Waals surface area (Å²) in [6.45, 7) is 1.94. The molecule has 1 heterocycles. The molecule has 0 fully saturated rings. The summed E-state index contributed by atoms with van der Waals surface area (Å²) in [7, 11) is 0. The lowest BCUT2D eigenvalue weighted by molar-refractivity contribution is 1.03. The third-order valence-corrected chi connectivity index (χ3v) is 2.87. The van der Waals surface area contributed by atoms with Gasteiger partial charge in [0, 0.05) is 16.9 Å². The fraction of sp³-hybridized carbons (Fsp3) is 0.100. The van der Waals surface area contributed by atoms with Crippen molar-refractivity contribution in [2.45, 2.75) is 6.92 Å². The van der Waals surface area contributed by atoms with E-state index in [1.165, 1.54) is 0 Å². The maximum absolute atomic E-state index is 6.07. The standard InChI is InChI=1S/C10H8Cl2N2S/c1-6-5-14(10(15)13-6)9-4-7(11)2-3-8(9)12/h2-5H,1H3,(H,13,15). The number of H-pyrrole nitrogens is 1. The van der Waals surface area contributed by atoms with Gasteiger partial charge in [-0.1, -0.05) is 23.2 Å². The molecule has 78 valence electrons. The zero-order valence-corrected chi connectivity index (χ0v) is 10.2. The molecule has 2 rings (SSSR count). The molecule has 1 N–H and O–H groups in total. The molecule has 2 nitrogen and oxygen atoms in total. The predicted octanol–water partition coefficient (Wildman–Crippen LogP) is 4.15. The van der Waals surface area contributed by atoms with Crippen molar-refractivity contribution in [1.29, 1.82) is 0 Å². The van der Waals surface area contributed by atoms with E-state index >= 15 is 0 Å². The molecule has 1 aromatic heterocycles. The topological polar surface area (TPSA) is 20.7 Å². The monoisotopic (exact) mass is 258 g/mol. The normalized spacial score (nSPS) is 10.6. The van der Waals surface area contributed by atoms with Gasteiger partial charge in [0.25, 0.3) is 0 Å². The van der Waals surface area contributed by atoms with Crippen LogP contribution in [0.2, 0.25) is 10.0 Å². The van der Waals surface area contributed by atoms with Gasteiger partial charge in [-0.15, -0.1) is 0 Å². The largest absolute Gasteiger partial charge is 0.335 e. The number of nitrogens with one attached hydrogen (secondary N) is 1. The zero-order valence-electron chi connectivity index (χ0n) is 7.92. The molecule has 5 heteroatoms. The van der Waals surface area contributed by atoms with Crippen molar-refractivity contribution >= 4 is 35.4 Å². The quantitative estimate of drug-likeness (QED) is 0.763. The van der Waals surface area contributed by atoms with Crippen molar-refractivity contribution in [2.24, 2.45) is 0 Å². The highest BCUT2D eigenvalue weighted by Crippen LogP contribution is 2.24. The van der Waals surface area contributed by atoms with Gasteiger partial charge in [-0.2, -0.15) is 0 Å². The molecular formula is C10H8Cl2N2S. The number of aryl methyl sites for hydroxylation is 1. The molecule has 0 unspecified atom stereocenters. The van der Waals surface area contributed by atoms with E-state index in [4.69, 9.17) is 35.4 Å². The van der Waals surface area contributed by atoms with E-state index in [2.05, 4.69) is 4.98 Å². The summed E-state index contributed by atoms with van der Waals surface area (Å²) in [5, 5.41) is 1.25. The van der Waals surface area contributed by atoms with Crippen molar-refractivity contribution in [3.63, 3.8) is 0 Å². The molecule has 1 aromatic carbocycles. The van der Waals surface area contributed by atoms with Crippen LogP contribution in [0.5, 0.6) is 0 Å². The SMILES string of the molecule is Cc1cn(-c2cc(Cl)ccc2Cl)c(=S)[nH]1. The van der Waals surface area contributed by atoms with Crippen LogP contribution in [0.25, 0.3) is 5.69 Å². The van der Waals surface area contributed by atoms with Crippen LogP contribution in [0.1, 0.15) is 5.69 Å². The van der Waals surface area contributed by atoms with Crippen LogP contribution in [-0.2, 0) is 0 Å². The Labute approximate surface area is 102 Å². The Hall–Kier alpha value is -0.770. The molecule has 0 bridgehead atoms. The van der Waals surface area contributed by atoms with Crippen LogP contribution in [0.4, 0.5) is 0 Å². The molecule has 15 heavy (non-hydrogen) atoms. The zero-order chi connectivity index (χ0) is 11.0. The van der Waals surface area contributed by atoms with E-state index in [1.807, 2.05) is 13.1 Å². The van der Waals surface area contributed by atoms with Gasteiger partial charge in [-0.3, -0.25) is 4.57 Å². The van der Waals surface area contributed by atoms with Gasteiger partial charge in [0.05, 0.1) is 10.7 Å². The molecular weight excluding hydrogens is 251 g/mol. The van der Waals surface area contributed by atoms with Crippen LogP contribution in [-0.4, -0.2) is 9.55 Å². The minimum atomic E-state index is 0.608. The Bertz CT molecular complexity index is 557. The number of aromatic amines is 1. The summed E-state index contributed by atoms with van der Waals surface area (Å²) < 4.78 is 2.41. The lowest BCUT2D eigenvalue weighted by atomic mass is 10.3. The number of halogens is 2. The number of nitrogens with zero attached hydrogens (tertiary/aromatic N) is 1. The molecule has 0 amide bonds. The Balaban J connectivity index is 2.68. The maximum atomic E-state index is 6.07. The van der Waals surface area contributed by atoms with E-state index < -0.39 is 0 Å². The van der Waals surface area contributed by atoms with E-state index in [9.17, 15) is 0 Å². The van der Waals surface area contributed by atoms with Crippen molar-refractivity contribution in [3.05, 3.63) is 44.9 Å². The second kappa shape index (κ2) is 4.00. The summed E-state index contributed by atoms with van der Waals surface area (Å²) in [5.74, 6) is 0.